The third-order valence-corrected chi connectivity index (χ3v) is 6.72. The van der Waals surface area contributed by atoms with Crippen LogP contribution >= 0.6 is 0 Å². The first-order valence-electron chi connectivity index (χ1n) is 8.78. The molecule has 1 fully saturated rings. The van der Waals surface area contributed by atoms with Gasteiger partial charge in [-0.1, -0.05) is 0 Å². The maximum absolute atomic E-state index is 12.5. The van der Waals surface area contributed by atoms with Crippen molar-refractivity contribution in [1.82, 2.24) is 4.31 Å². The molecule has 0 unspecified atom stereocenters. The first-order valence-corrected chi connectivity index (χ1v) is 10.2. The van der Waals surface area contributed by atoms with E-state index < -0.39 is 10.0 Å². The summed E-state index contributed by atoms with van der Waals surface area (Å²) in [6, 6.07) is 11.2. The molecule has 7 nitrogen and oxygen atoms in total. The van der Waals surface area contributed by atoms with Gasteiger partial charge in [-0.2, -0.15) is 4.31 Å². The fourth-order valence-electron chi connectivity index (χ4n) is 3.36. The summed E-state index contributed by atoms with van der Waals surface area (Å²) in [6.07, 6.45) is 2.03. The summed E-state index contributed by atoms with van der Waals surface area (Å²) in [5, 5.41) is 5.48. The van der Waals surface area contributed by atoms with E-state index in [1.165, 1.54) is 16.4 Å². The molecule has 8 heteroatoms. The van der Waals surface area contributed by atoms with Crippen LogP contribution in [0.25, 0.3) is 0 Å². The summed E-state index contributed by atoms with van der Waals surface area (Å²) in [4.78, 5) is 24.1. The molecule has 0 aromatic heterocycles. The van der Waals surface area contributed by atoms with Gasteiger partial charge in [-0.05, 0) is 60.9 Å². The zero-order chi connectivity index (χ0) is 19.0. The average Bonchev–Trinajstić information content (AvgIpc) is 3.30. The average molecular weight is 385 g/mol. The number of rotatable bonds is 4. The van der Waals surface area contributed by atoms with Crippen molar-refractivity contribution in [3.63, 3.8) is 0 Å². The molecular weight excluding hydrogens is 366 g/mol. The van der Waals surface area contributed by atoms with Crippen LogP contribution in [-0.2, 0) is 21.2 Å². The topological polar surface area (TPSA) is 95.6 Å². The minimum absolute atomic E-state index is 0.0858. The number of hydrogen-bond donors (Lipinski definition) is 2. The standard InChI is InChI=1S/C19H19N3O4S/c23-18-12-14-11-13(3-8-17(14)21-18)19(24)20-15-4-6-16(7-5-15)27(25,26)22-9-1-2-10-22/h3-8,11H,1-2,9-10,12H2,(H,20,24)(H,21,23). The molecule has 2 amide bonds. The quantitative estimate of drug-likeness (QED) is 0.844. The van der Waals surface area contributed by atoms with Gasteiger partial charge in [0.2, 0.25) is 15.9 Å². The number of nitrogens with zero attached hydrogens (tertiary/aromatic N) is 1. The second-order valence-electron chi connectivity index (χ2n) is 6.69. The summed E-state index contributed by atoms with van der Waals surface area (Å²) in [6.45, 7) is 1.10. The van der Waals surface area contributed by atoms with Crippen LogP contribution in [0.1, 0.15) is 28.8 Å². The molecule has 0 spiro atoms. The highest BCUT2D eigenvalue weighted by Crippen LogP contribution is 2.25. The second kappa shape index (κ2) is 6.79. The Balaban J connectivity index is 1.48. The molecule has 0 radical (unpaired) electrons. The van der Waals surface area contributed by atoms with Crippen molar-refractivity contribution in [3.05, 3.63) is 53.6 Å². The molecule has 2 aliphatic rings. The van der Waals surface area contributed by atoms with E-state index in [-0.39, 0.29) is 23.1 Å². The second-order valence-corrected chi connectivity index (χ2v) is 8.62. The van der Waals surface area contributed by atoms with Gasteiger partial charge >= 0.3 is 0 Å². The van der Waals surface area contributed by atoms with E-state index in [4.69, 9.17) is 0 Å². The Bertz CT molecular complexity index is 1010. The Morgan fingerprint density at radius 3 is 2.44 bits per heavy atom. The molecule has 27 heavy (non-hydrogen) atoms. The van der Waals surface area contributed by atoms with Crippen molar-refractivity contribution in [1.29, 1.82) is 0 Å². The summed E-state index contributed by atoms with van der Waals surface area (Å²) >= 11 is 0. The zero-order valence-electron chi connectivity index (χ0n) is 14.6. The Kier molecular flexibility index (Phi) is 4.45. The molecule has 2 aromatic carbocycles. The Hall–Kier alpha value is -2.71. The normalized spacial score (nSPS) is 16.8. The number of carbonyl (C=O) groups is 2. The lowest BCUT2D eigenvalue weighted by Gasteiger charge is -2.15. The van der Waals surface area contributed by atoms with Crippen molar-refractivity contribution in [3.8, 4) is 0 Å². The van der Waals surface area contributed by atoms with E-state index in [1.54, 1.807) is 30.3 Å². The van der Waals surface area contributed by atoms with Crippen molar-refractivity contribution < 1.29 is 18.0 Å². The zero-order valence-corrected chi connectivity index (χ0v) is 15.4. The van der Waals surface area contributed by atoms with Crippen LogP contribution in [-0.4, -0.2) is 37.6 Å². The number of fused-ring (bicyclic) bond motifs is 1. The first kappa shape index (κ1) is 17.7. The largest absolute Gasteiger partial charge is 0.326 e. The van der Waals surface area contributed by atoms with Crippen molar-refractivity contribution in [2.45, 2.75) is 24.2 Å². The maximum atomic E-state index is 12.5. The van der Waals surface area contributed by atoms with Gasteiger partial charge in [0.1, 0.15) is 0 Å². The lowest BCUT2D eigenvalue weighted by atomic mass is 10.1. The predicted molar refractivity (Wildman–Crippen MR) is 101 cm³/mol. The predicted octanol–water partition coefficient (Wildman–Crippen LogP) is 2.22. The van der Waals surface area contributed by atoms with Gasteiger partial charge in [0.15, 0.2) is 0 Å². The molecule has 2 aliphatic heterocycles. The monoisotopic (exact) mass is 385 g/mol. The number of hydrogen-bond acceptors (Lipinski definition) is 4. The maximum Gasteiger partial charge on any atom is 0.255 e. The fraction of sp³-hybridized carbons (Fsp3) is 0.263. The van der Waals surface area contributed by atoms with E-state index in [0.717, 1.165) is 24.1 Å². The van der Waals surface area contributed by atoms with Crippen molar-refractivity contribution >= 4 is 33.2 Å². The molecule has 0 aliphatic carbocycles. The highest BCUT2D eigenvalue weighted by atomic mass is 32.2. The third kappa shape index (κ3) is 3.45. The summed E-state index contributed by atoms with van der Waals surface area (Å²) < 4.78 is 26.5. The number of carbonyl (C=O) groups excluding carboxylic acids is 2. The van der Waals surface area contributed by atoms with Crippen LogP contribution in [0.5, 0.6) is 0 Å². The number of anilines is 2. The van der Waals surface area contributed by atoms with E-state index in [1.807, 2.05) is 0 Å². The summed E-state index contributed by atoms with van der Waals surface area (Å²) in [5.74, 6) is -0.398. The van der Waals surface area contributed by atoms with Gasteiger partial charge in [-0.15, -0.1) is 0 Å². The molecule has 0 atom stereocenters. The Morgan fingerprint density at radius 2 is 1.74 bits per heavy atom. The Labute approximate surface area is 157 Å². The first-order chi connectivity index (χ1) is 12.9. The number of nitrogens with one attached hydrogen (secondary N) is 2. The van der Waals surface area contributed by atoms with Crippen molar-refractivity contribution in [2.75, 3.05) is 23.7 Å². The van der Waals surface area contributed by atoms with Crippen LogP contribution in [0, 0.1) is 0 Å². The van der Waals surface area contributed by atoms with Crippen LogP contribution in [0.4, 0.5) is 11.4 Å². The van der Waals surface area contributed by atoms with Gasteiger partial charge in [0, 0.05) is 30.0 Å². The van der Waals surface area contributed by atoms with Gasteiger partial charge < -0.3 is 10.6 Å². The molecule has 1 saturated heterocycles. The smallest absolute Gasteiger partial charge is 0.255 e. The SMILES string of the molecule is O=C1Cc2cc(C(=O)Nc3ccc(S(=O)(=O)N4CCCC4)cc3)ccc2N1. The number of sulfonamides is 1. The minimum atomic E-state index is -3.47. The molecule has 2 aromatic rings. The summed E-state index contributed by atoms with van der Waals surface area (Å²) in [7, 11) is -3.47. The highest BCUT2D eigenvalue weighted by Gasteiger charge is 2.27. The number of amides is 2. The Morgan fingerprint density at radius 1 is 1.04 bits per heavy atom. The fourth-order valence-corrected chi connectivity index (χ4v) is 4.88. The summed E-state index contributed by atoms with van der Waals surface area (Å²) in [5.41, 5.74) is 2.47. The van der Waals surface area contributed by atoms with Gasteiger partial charge in [-0.25, -0.2) is 8.42 Å². The van der Waals surface area contributed by atoms with Gasteiger partial charge in [0.05, 0.1) is 11.3 Å². The van der Waals surface area contributed by atoms with Gasteiger partial charge in [0.25, 0.3) is 5.91 Å². The lowest BCUT2D eigenvalue weighted by molar-refractivity contribution is -0.115. The van der Waals surface area contributed by atoms with Crippen molar-refractivity contribution in [2.24, 2.45) is 0 Å². The molecule has 140 valence electrons. The van der Waals surface area contributed by atoms with E-state index in [2.05, 4.69) is 10.6 Å². The molecule has 2 heterocycles. The lowest BCUT2D eigenvalue weighted by Crippen LogP contribution is -2.27. The molecular formula is C19H19N3O4S. The van der Waals surface area contributed by atoms with E-state index >= 15 is 0 Å². The number of benzene rings is 2. The molecule has 2 N–H and O–H groups in total. The van der Waals surface area contributed by atoms with Gasteiger partial charge in [-0.3, -0.25) is 9.59 Å². The highest BCUT2D eigenvalue weighted by molar-refractivity contribution is 7.89. The van der Waals surface area contributed by atoms with E-state index in [9.17, 15) is 18.0 Å². The van der Waals surface area contributed by atoms with Crippen LogP contribution in [0.15, 0.2) is 47.4 Å². The van der Waals surface area contributed by atoms with E-state index in [0.29, 0.717) is 24.3 Å². The molecule has 0 saturated carbocycles. The minimum Gasteiger partial charge on any atom is -0.326 e. The molecule has 0 bridgehead atoms. The third-order valence-electron chi connectivity index (χ3n) is 4.81. The van der Waals surface area contributed by atoms with Crippen LogP contribution in [0.3, 0.4) is 0 Å². The molecule has 4 rings (SSSR count). The van der Waals surface area contributed by atoms with Crippen LogP contribution < -0.4 is 10.6 Å². The van der Waals surface area contributed by atoms with Crippen LogP contribution in [0.2, 0.25) is 0 Å².